The molecule has 25 heavy (non-hydrogen) atoms. The van der Waals surface area contributed by atoms with Crippen molar-refractivity contribution in [2.45, 2.75) is 12.8 Å². The summed E-state index contributed by atoms with van der Waals surface area (Å²) in [6.45, 7) is 5.16. The number of carbonyl (C=O) groups is 2. The first kappa shape index (κ1) is 18.1. The van der Waals surface area contributed by atoms with Gasteiger partial charge in [-0.25, -0.2) is 0 Å². The normalized spacial score (nSPS) is 18.9. The van der Waals surface area contributed by atoms with Gasteiger partial charge in [0.2, 0.25) is 11.8 Å². The molecule has 1 aromatic rings. The molecule has 0 atom stereocenters. The molecule has 0 unspecified atom stereocenters. The predicted octanol–water partition coefficient (Wildman–Crippen LogP) is 2.23. The summed E-state index contributed by atoms with van der Waals surface area (Å²) in [5, 5.41) is 0. The molecule has 2 heterocycles. The number of benzene rings is 1. The van der Waals surface area contributed by atoms with Crippen LogP contribution in [-0.4, -0.2) is 72.3 Å². The number of piperazine rings is 1. The molecule has 2 aliphatic heterocycles. The lowest BCUT2D eigenvalue weighted by atomic mass is 10.2. The van der Waals surface area contributed by atoms with Crippen LogP contribution in [0.4, 0.5) is 0 Å². The van der Waals surface area contributed by atoms with E-state index >= 15 is 0 Å². The van der Waals surface area contributed by atoms with E-state index in [2.05, 4.69) is 20.8 Å². The molecular weight excluding hydrogens is 382 g/mol. The van der Waals surface area contributed by atoms with Gasteiger partial charge >= 0.3 is 0 Å². The van der Waals surface area contributed by atoms with Crippen molar-refractivity contribution < 1.29 is 9.59 Å². The average Bonchev–Trinajstić information content (AvgIpc) is 3.16. The van der Waals surface area contributed by atoms with Crippen LogP contribution in [0.5, 0.6) is 0 Å². The predicted molar refractivity (Wildman–Crippen MR) is 102 cm³/mol. The zero-order valence-electron chi connectivity index (χ0n) is 14.4. The van der Waals surface area contributed by atoms with Crippen molar-refractivity contribution in [1.29, 1.82) is 0 Å². The molecule has 2 aliphatic rings. The lowest BCUT2D eigenvalue weighted by molar-refractivity contribution is -0.132. The Labute approximate surface area is 157 Å². The van der Waals surface area contributed by atoms with E-state index in [0.717, 1.165) is 49.1 Å². The molecule has 0 N–H and O–H groups in total. The van der Waals surface area contributed by atoms with Gasteiger partial charge in [-0.1, -0.05) is 28.1 Å². The lowest BCUT2D eigenvalue weighted by Crippen LogP contribution is -2.51. The topological polar surface area (TPSA) is 43.9 Å². The van der Waals surface area contributed by atoms with Crippen molar-refractivity contribution in [3.8, 4) is 0 Å². The molecule has 5 nitrogen and oxygen atoms in total. The first-order valence-corrected chi connectivity index (χ1v) is 9.64. The molecule has 2 amide bonds. The molecule has 0 bridgehead atoms. The van der Waals surface area contributed by atoms with Gasteiger partial charge in [-0.2, -0.15) is 0 Å². The van der Waals surface area contributed by atoms with Crippen LogP contribution in [0.25, 0.3) is 6.08 Å². The minimum atomic E-state index is 0.0356. The van der Waals surface area contributed by atoms with E-state index in [1.54, 1.807) is 6.08 Å². The second-order valence-electron chi connectivity index (χ2n) is 6.57. The van der Waals surface area contributed by atoms with E-state index in [-0.39, 0.29) is 11.8 Å². The Morgan fingerprint density at radius 2 is 1.56 bits per heavy atom. The van der Waals surface area contributed by atoms with Crippen LogP contribution >= 0.6 is 15.9 Å². The van der Waals surface area contributed by atoms with Crippen LogP contribution in [0, 0.1) is 0 Å². The Morgan fingerprint density at radius 1 is 0.920 bits per heavy atom. The second-order valence-corrected chi connectivity index (χ2v) is 7.49. The molecular formula is C19H24BrN3O2. The zero-order valence-corrected chi connectivity index (χ0v) is 16.0. The first-order chi connectivity index (χ1) is 12.1. The number of amides is 2. The summed E-state index contributed by atoms with van der Waals surface area (Å²) in [5.74, 6) is 0.265. The maximum absolute atomic E-state index is 12.3. The third kappa shape index (κ3) is 5.16. The van der Waals surface area contributed by atoms with Crippen LogP contribution in [0.3, 0.4) is 0 Å². The van der Waals surface area contributed by atoms with Gasteiger partial charge < -0.3 is 9.80 Å². The summed E-state index contributed by atoms with van der Waals surface area (Å²) in [6, 6.07) is 7.85. The van der Waals surface area contributed by atoms with E-state index in [9.17, 15) is 9.59 Å². The number of likely N-dealkylation sites (tertiary alicyclic amines) is 1. The Kier molecular flexibility index (Phi) is 6.26. The molecule has 1 aromatic carbocycles. The van der Waals surface area contributed by atoms with Gasteiger partial charge in [0.25, 0.3) is 0 Å². The van der Waals surface area contributed by atoms with E-state index in [1.807, 2.05) is 40.1 Å². The minimum absolute atomic E-state index is 0.0356. The average molecular weight is 406 g/mol. The van der Waals surface area contributed by atoms with Gasteiger partial charge in [0.15, 0.2) is 0 Å². The molecule has 0 aliphatic carbocycles. The SMILES string of the molecule is O=C(/C=C/c1ccc(Br)cc1)N1CCN(CC(=O)N2CCCC2)CC1. The Morgan fingerprint density at radius 3 is 2.20 bits per heavy atom. The summed E-state index contributed by atoms with van der Waals surface area (Å²) in [5.41, 5.74) is 1.01. The largest absolute Gasteiger partial charge is 0.342 e. The lowest BCUT2D eigenvalue weighted by Gasteiger charge is -2.34. The molecule has 0 spiro atoms. The molecule has 134 valence electrons. The van der Waals surface area contributed by atoms with E-state index in [4.69, 9.17) is 0 Å². The van der Waals surface area contributed by atoms with Crippen molar-refractivity contribution in [3.63, 3.8) is 0 Å². The fourth-order valence-corrected chi connectivity index (χ4v) is 3.50. The fraction of sp³-hybridized carbons (Fsp3) is 0.474. The number of hydrogen-bond donors (Lipinski definition) is 0. The van der Waals surface area contributed by atoms with Gasteiger partial charge in [0.05, 0.1) is 6.54 Å². The van der Waals surface area contributed by atoms with Gasteiger partial charge in [0.1, 0.15) is 0 Å². The monoisotopic (exact) mass is 405 g/mol. The van der Waals surface area contributed by atoms with Crippen LogP contribution < -0.4 is 0 Å². The highest BCUT2D eigenvalue weighted by Gasteiger charge is 2.24. The summed E-state index contributed by atoms with van der Waals surface area (Å²) >= 11 is 3.40. The highest BCUT2D eigenvalue weighted by Crippen LogP contribution is 2.12. The number of rotatable bonds is 4. The molecule has 0 saturated carbocycles. The maximum Gasteiger partial charge on any atom is 0.246 e. The smallest absolute Gasteiger partial charge is 0.246 e. The number of nitrogens with zero attached hydrogens (tertiary/aromatic N) is 3. The van der Waals surface area contributed by atoms with Gasteiger partial charge in [-0.3, -0.25) is 14.5 Å². The number of hydrogen-bond acceptors (Lipinski definition) is 3. The summed E-state index contributed by atoms with van der Waals surface area (Å²) in [6.07, 6.45) is 5.73. The van der Waals surface area contributed by atoms with Gasteiger partial charge in [-0.05, 0) is 36.6 Å². The number of carbonyl (C=O) groups excluding carboxylic acids is 2. The number of halogens is 1. The highest BCUT2D eigenvalue weighted by atomic mass is 79.9. The second kappa shape index (κ2) is 8.63. The van der Waals surface area contributed by atoms with Crippen LogP contribution in [0.2, 0.25) is 0 Å². The molecule has 6 heteroatoms. The zero-order chi connectivity index (χ0) is 17.6. The third-order valence-corrected chi connectivity index (χ3v) is 5.32. The summed E-state index contributed by atoms with van der Waals surface area (Å²) in [7, 11) is 0. The quantitative estimate of drug-likeness (QED) is 0.721. The fourth-order valence-electron chi connectivity index (χ4n) is 3.23. The van der Waals surface area contributed by atoms with Crippen molar-refractivity contribution in [2.24, 2.45) is 0 Å². The maximum atomic E-state index is 12.3. The Bertz CT molecular complexity index is 631. The van der Waals surface area contributed by atoms with E-state index in [0.29, 0.717) is 19.6 Å². The highest BCUT2D eigenvalue weighted by molar-refractivity contribution is 9.10. The van der Waals surface area contributed by atoms with Gasteiger partial charge in [0, 0.05) is 49.8 Å². The van der Waals surface area contributed by atoms with Crippen molar-refractivity contribution >= 4 is 33.8 Å². The van der Waals surface area contributed by atoms with Gasteiger partial charge in [-0.15, -0.1) is 0 Å². The van der Waals surface area contributed by atoms with Crippen LogP contribution in [0.15, 0.2) is 34.8 Å². The Hall–Kier alpha value is -1.66. The van der Waals surface area contributed by atoms with Crippen LogP contribution in [0.1, 0.15) is 18.4 Å². The van der Waals surface area contributed by atoms with E-state index in [1.165, 1.54) is 0 Å². The molecule has 2 fully saturated rings. The minimum Gasteiger partial charge on any atom is -0.342 e. The first-order valence-electron chi connectivity index (χ1n) is 8.84. The summed E-state index contributed by atoms with van der Waals surface area (Å²) in [4.78, 5) is 30.5. The van der Waals surface area contributed by atoms with Crippen molar-refractivity contribution in [2.75, 3.05) is 45.8 Å². The van der Waals surface area contributed by atoms with E-state index < -0.39 is 0 Å². The van der Waals surface area contributed by atoms with Crippen molar-refractivity contribution in [1.82, 2.24) is 14.7 Å². The molecule has 3 rings (SSSR count). The standard InChI is InChI=1S/C19H24BrN3O2/c20-17-6-3-16(4-7-17)5-8-18(24)23-13-11-21(12-14-23)15-19(25)22-9-1-2-10-22/h3-8H,1-2,9-15H2/b8-5+. The summed E-state index contributed by atoms with van der Waals surface area (Å²) < 4.78 is 1.02. The Balaban J connectivity index is 1.44. The third-order valence-electron chi connectivity index (χ3n) is 4.79. The van der Waals surface area contributed by atoms with Crippen LogP contribution in [-0.2, 0) is 9.59 Å². The molecule has 0 radical (unpaired) electrons. The van der Waals surface area contributed by atoms with Crippen molar-refractivity contribution in [3.05, 3.63) is 40.4 Å². The molecule has 0 aromatic heterocycles. The molecule has 2 saturated heterocycles.